The van der Waals surface area contributed by atoms with Crippen molar-refractivity contribution in [3.8, 4) is 5.75 Å². The SMILES string of the molecule is CCOc1ccccc1N=C(N)C1CC1. The lowest BCUT2D eigenvalue weighted by Gasteiger charge is -2.06. The van der Waals surface area contributed by atoms with Crippen LogP contribution >= 0.6 is 0 Å². The Bertz CT molecular complexity index is 370. The van der Waals surface area contributed by atoms with E-state index >= 15 is 0 Å². The topological polar surface area (TPSA) is 47.6 Å². The van der Waals surface area contributed by atoms with Crippen molar-refractivity contribution in [3.63, 3.8) is 0 Å². The van der Waals surface area contributed by atoms with Crippen molar-refractivity contribution in [2.24, 2.45) is 16.6 Å². The lowest BCUT2D eigenvalue weighted by atomic mass is 10.3. The molecule has 0 bridgehead atoms. The number of nitrogens with two attached hydrogens (primary N) is 1. The molecule has 1 aromatic rings. The van der Waals surface area contributed by atoms with Gasteiger partial charge in [0.05, 0.1) is 6.61 Å². The maximum atomic E-state index is 5.87. The third kappa shape index (κ3) is 2.49. The molecule has 3 heteroatoms. The first-order chi connectivity index (χ1) is 7.31. The van der Waals surface area contributed by atoms with E-state index in [-0.39, 0.29) is 0 Å². The zero-order valence-corrected chi connectivity index (χ0v) is 8.94. The smallest absolute Gasteiger partial charge is 0.144 e. The van der Waals surface area contributed by atoms with Gasteiger partial charge >= 0.3 is 0 Å². The number of rotatable bonds is 4. The van der Waals surface area contributed by atoms with E-state index in [0.717, 1.165) is 17.3 Å². The lowest BCUT2D eigenvalue weighted by molar-refractivity contribution is 0.341. The summed E-state index contributed by atoms with van der Waals surface area (Å²) in [5.41, 5.74) is 6.71. The fraction of sp³-hybridized carbons (Fsp3) is 0.417. The molecule has 0 unspecified atom stereocenters. The van der Waals surface area contributed by atoms with Gasteiger partial charge in [0.2, 0.25) is 0 Å². The Kier molecular flexibility index (Phi) is 2.90. The van der Waals surface area contributed by atoms with Crippen molar-refractivity contribution < 1.29 is 4.74 Å². The number of para-hydroxylation sites is 2. The van der Waals surface area contributed by atoms with E-state index in [1.807, 2.05) is 31.2 Å². The predicted octanol–water partition coefficient (Wildman–Crippen LogP) is 2.48. The fourth-order valence-corrected chi connectivity index (χ4v) is 1.44. The minimum Gasteiger partial charge on any atom is -0.492 e. The van der Waals surface area contributed by atoms with Crippen LogP contribution in [0.4, 0.5) is 5.69 Å². The number of benzene rings is 1. The Labute approximate surface area is 90.0 Å². The van der Waals surface area contributed by atoms with E-state index in [0.29, 0.717) is 12.5 Å². The number of hydrogen-bond acceptors (Lipinski definition) is 2. The molecule has 1 aliphatic carbocycles. The van der Waals surface area contributed by atoms with Crippen LogP contribution < -0.4 is 10.5 Å². The highest BCUT2D eigenvalue weighted by Crippen LogP contribution is 2.32. The van der Waals surface area contributed by atoms with Crippen molar-refractivity contribution in [1.29, 1.82) is 0 Å². The summed E-state index contributed by atoms with van der Waals surface area (Å²) in [7, 11) is 0. The summed E-state index contributed by atoms with van der Waals surface area (Å²) in [4.78, 5) is 4.41. The molecule has 2 rings (SSSR count). The standard InChI is InChI=1S/C12H16N2O/c1-2-15-11-6-4-3-5-10(11)14-12(13)9-7-8-9/h3-6,9H,2,7-8H2,1H3,(H2,13,14). The molecule has 0 radical (unpaired) electrons. The van der Waals surface area contributed by atoms with Crippen LogP contribution in [-0.4, -0.2) is 12.4 Å². The Morgan fingerprint density at radius 3 is 2.87 bits per heavy atom. The first-order valence-electron chi connectivity index (χ1n) is 5.37. The van der Waals surface area contributed by atoms with Crippen LogP contribution in [0.2, 0.25) is 0 Å². The van der Waals surface area contributed by atoms with Crippen LogP contribution in [-0.2, 0) is 0 Å². The molecule has 0 atom stereocenters. The van der Waals surface area contributed by atoms with Gasteiger partial charge in [-0.3, -0.25) is 0 Å². The summed E-state index contributed by atoms with van der Waals surface area (Å²) in [6.45, 7) is 2.61. The molecule has 1 aromatic carbocycles. The Balaban J connectivity index is 2.21. The van der Waals surface area contributed by atoms with E-state index in [2.05, 4.69) is 4.99 Å². The number of aliphatic imine (C=N–C) groups is 1. The molecule has 0 spiro atoms. The summed E-state index contributed by atoms with van der Waals surface area (Å²) in [5, 5.41) is 0. The van der Waals surface area contributed by atoms with Gasteiger partial charge < -0.3 is 10.5 Å². The van der Waals surface area contributed by atoms with Gasteiger partial charge in [0, 0.05) is 5.92 Å². The number of hydrogen-bond donors (Lipinski definition) is 1. The third-order valence-electron chi connectivity index (χ3n) is 2.41. The first kappa shape index (κ1) is 10.0. The maximum absolute atomic E-state index is 5.87. The fourth-order valence-electron chi connectivity index (χ4n) is 1.44. The third-order valence-corrected chi connectivity index (χ3v) is 2.41. The van der Waals surface area contributed by atoms with Crippen molar-refractivity contribution in [1.82, 2.24) is 0 Å². The summed E-state index contributed by atoms with van der Waals surface area (Å²) >= 11 is 0. The average molecular weight is 204 g/mol. The van der Waals surface area contributed by atoms with Crippen molar-refractivity contribution in [2.45, 2.75) is 19.8 Å². The Hall–Kier alpha value is -1.51. The van der Waals surface area contributed by atoms with Crippen LogP contribution in [0.15, 0.2) is 29.3 Å². The van der Waals surface area contributed by atoms with E-state index in [9.17, 15) is 0 Å². The molecule has 0 saturated heterocycles. The zero-order chi connectivity index (χ0) is 10.7. The quantitative estimate of drug-likeness (QED) is 0.605. The lowest BCUT2D eigenvalue weighted by Crippen LogP contribution is -2.13. The van der Waals surface area contributed by atoms with E-state index in [1.54, 1.807) is 0 Å². The maximum Gasteiger partial charge on any atom is 0.144 e. The average Bonchev–Trinajstić information content (AvgIpc) is 3.04. The van der Waals surface area contributed by atoms with Crippen molar-refractivity contribution in [2.75, 3.05) is 6.61 Å². The molecule has 80 valence electrons. The summed E-state index contributed by atoms with van der Waals surface area (Å²) in [6, 6.07) is 7.74. The van der Waals surface area contributed by atoms with Gasteiger partial charge in [-0.15, -0.1) is 0 Å². The van der Waals surface area contributed by atoms with Gasteiger partial charge in [0.1, 0.15) is 17.3 Å². The van der Waals surface area contributed by atoms with Gasteiger partial charge in [0.15, 0.2) is 0 Å². The summed E-state index contributed by atoms with van der Waals surface area (Å²) in [5.74, 6) is 2.05. The highest BCUT2D eigenvalue weighted by Gasteiger charge is 2.25. The van der Waals surface area contributed by atoms with E-state index in [4.69, 9.17) is 10.5 Å². The van der Waals surface area contributed by atoms with Crippen molar-refractivity contribution >= 4 is 11.5 Å². The van der Waals surface area contributed by atoms with Crippen LogP contribution in [0, 0.1) is 5.92 Å². The van der Waals surface area contributed by atoms with Gasteiger partial charge in [0.25, 0.3) is 0 Å². The Morgan fingerprint density at radius 1 is 1.47 bits per heavy atom. The highest BCUT2D eigenvalue weighted by atomic mass is 16.5. The molecule has 1 fully saturated rings. The minimum absolute atomic E-state index is 0.500. The van der Waals surface area contributed by atoms with Crippen LogP contribution in [0.1, 0.15) is 19.8 Å². The molecule has 0 heterocycles. The zero-order valence-electron chi connectivity index (χ0n) is 8.94. The van der Waals surface area contributed by atoms with Gasteiger partial charge in [-0.05, 0) is 31.9 Å². The summed E-state index contributed by atoms with van der Waals surface area (Å²) < 4.78 is 5.48. The van der Waals surface area contributed by atoms with Crippen LogP contribution in [0.25, 0.3) is 0 Å². The Morgan fingerprint density at radius 2 is 2.20 bits per heavy atom. The normalized spacial score (nSPS) is 16.5. The molecular weight excluding hydrogens is 188 g/mol. The second-order valence-corrected chi connectivity index (χ2v) is 3.71. The molecule has 1 aliphatic rings. The second-order valence-electron chi connectivity index (χ2n) is 3.71. The van der Waals surface area contributed by atoms with Crippen LogP contribution in [0.3, 0.4) is 0 Å². The molecule has 1 saturated carbocycles. The predicted molar refractivity (Wildman–Crippen MR) is 61.6 cm³/mol. The van der Waals surface area contributed by atoms with E-state index < -0.39 is 0 Å². The molecule has 2 N–H and O–H groups in total. The molecule has 0 aromatic heterocycles. The van der Waals surface area contributed by atoms with Gasteiger partial charge in [-0.2, -0.15) is 0 Å². The van der Waals surface area contributed by atoms with Gasteiger partial charge in [-0.25, -0.2) is 4.99 Å². The largest absolute Gasteiger partial charge is 0.492 e. The number of amidine groups is 1. The molecule has 0 amide bonds. The number of nitrogens with zero attached hydrogens (tertiary/aromatic N) is 1. The highest BCUT2D eigenvalue weighted by molar-refractivity contribution is 5.87. The second kappa shape index (κ2) is 4.34. The summed E-state index contributed by atoms with van der Waals surface area (Å²) in [6.07, 6.45) is 2.35. The van der Waals surface area contributed by atoms with E-state index in [1.165, 1.54) is 12.8 Å². The monoisotopic (exact) mass is 204 g/mol. The minimum atomic E-state index is 0.500. The number of ether oxygens (including phenoxy) is 1. The first-order valence-corrected chi connectivity index (χ1v) is 5.37. The van der Waals surface area contributed by atoms with Crippen LogP contribution in [0.5, 0.6) is 5.75 Å². The molecule has 15 heavy (non-hydrogen) atoms. The molecular formula is C12H16N2O. The molecule has 3 nitrogen and oxygen atoms in total. The van der Waals surface area contributed by atoms with Crippen molar-refractivity contribution in [3.05, 3.63) is 24.3 Å². The molecule has 0 aliphatic heterocycles. The van der Waals surface area contributed by atoms with Gasteiger partial charge in [-0.1, -0.05) is 12.1 Å².